The molecule has 3 aliphatic rings. The minimum Gasteiger partial charge on any atom is -0.369 e. The van der Waals surface area contributed by atoms with E-state index in [1.807, 2.05) is 37.3 Å². The van der Waals surface area contributed by atoms with Crippen molar-refractivity contribution in [3.8, 4) is 11.1 Å². The van der Waals surface area contributed by atoms with Gasteiger partial charge in [-0.05, 0) is 124 Å². The molecular formula is C34H42ClN5O. The molecule has 2 saturated heterocycles. The lowest BCUT2D eigenvalue weighted by molar-refractivity contribution is 0.0928. The van der Waals surface area contributed by atoms with Gasteiger partial charge in [-0.25, -0.2) is 0 Å². The number of benzene rings is 2. The van der Waals surface area contributed by atoms with E-state index in [1.165, 1.54) is 37.2 Å². The van der Waals surface area contributed by atoms with Gasteiger partial charge in [-0.1, -0.05) is 29.8 Å². The van der Waals surface area contributed by atoms with Crippen LogP contribution in [0.4, 0.5) is 5.69 Å². The molecule has 1 N–H and O–H groups in total. The fourth-order valence-corrected chi connectivity index (χ4v) is 7.18. The van der Waals surface area contributed by atoms with E-state index in [0.717, 1.165) is 67.2 Å². The molecule has 3 aromatic rings. The van der Waals surface area contributed by atoms with Gasteiger partial charge < -0.3 is 20.0 Å². The molecule has 0 unspecified atom stereocenters. The molecule has 2 aliphatic heterocycles. The number of nitrogens with zero attached hydrogens (tertiary/aromatic N) is 4. The SMILES string of the molecule is Cc1cc(Cl)ccc1-c1ccc(C(=O)N[C@H]2CCc3c(C4CCN(C)CC4)ccc(N4CCN(C)CC4)c3C2)nc1. The highest BCUT2D eigenvalue weighted by Crippen LogP contribution is 2.39. The summed E-state index contributed by atoms with van der Waals surface area (Å²) in [4.78, 5) is 25.3. The summed E-state index contributed by atoms with van der Waals surface area (Å²) in [5.74, 6) is 0.546. The molecule has 0 bridgehead atoms. The van der Waals surface area contributed by atoms with Gasteiger partial charge in [0.05, 0.1) is 0 Å². The third-order valence-corrected chi connectivity index (χ3v) is 9.70. The largest absolute Gasteiger partial charge is 0.369 e. The van der Waals surface area contributed by atoms with Crippen molar-refractivity contribution in [2.24, 2.45) is 0 Å². The number of anilines is 1. The van der Waals surface area contributed by atoms with E-state index < -0.39 is 0 Å². The fraction of sp³-hybridized carbons (Fsp3) is 0.471. The minimum absolute atomic E-state index is 0.0922. The first kappa shape index (κ1) is 28.2. The van der Waals surface area contributed by atoms with Crippen LogP contribution in [0, 0.1) is 6.92 Å². The lowest BCUT2D eigenvalue weighted by Gasteiger charge is -2.39. The molecular weight excluding hydrogens is 530 g/mol. The predicted molar refractivity (Wildman–Crippen MR) is 168 cm³/mol. The maximum absolute atomic E-state index is 13.3. The molecule has 2 aromatic carbocycles. The highest BCUT2D eigenvalue weighted by atomic mass is 35.5. The van der Waals surface area contributed by atoms with E-state index in [2.05, 4.69) is 51.2 Å². The van der Waals surface area contributed by atoms with Gasteiger partial charge in [0.1, 0.15) is 5.69 Å². The number of fused-ring (bicyclic) bond motifs is 1. The summed E-state index contributed by atoms with van der Waals surface area (Å²) >= 11 is 6.13. The van der Waals surface area contributed by atoms with E-state index in [4.69, 9.17) is 11.6 Å². The molecule has 1 atom stereocenters. The van der Waals surface area contributed by atoms with Crippen LogP contribution >= 0.6 is 11.6 Å². The minimum atomic E-state index is -0.0922. The Morgan fingerprint density at radius 1 is 0.902 bits per heavy atom. The zero-order valence-corrected chi connectivity index (χ0v) is 25.4. The van der Waals surface area contributed by atoms with Gasteiger partial charge >= 0.3 is 0 Å². The Bertz CT molecular complexity index is 1390. The first-order valence-electron chi connectivity index (χ1n) is 15.2. The Morgan fingerprint density at radius 2 is 1.66 bits per heavy atom. The Morgan fingerprint density at radius 3 is 2.37 bits per heavy atom. The van der Waals surface area contributed by atoms with E-state index in [0.29, 0.717) is 11.6 Å². The second kappa shape index (κ2) is 12.1. The van der Waals surface area contributed by atoms with E-state index in [-0.39, 0.29) is 11.9 Å². The second-order valence-corrected chi connectivity index (χ2v) is 12.7. The van der Waals surface area contributed by atoms with Gasteiger partial charge in [0, 0.05) is 54.7 Å². The quantitative estimate of drug-likeness (QED) is 0.435. The maximum atomic E-state index is 13.3. The standard InChI is InChI=1S/C34H42ClN5O/c1-23-20-26(35)5-7-28(23)25-4-10-32(36-22-25)34(41)37-27-6-8-30-29(24-12-14-38(2)15-13-24)9-11-33(31(30)21-27)40-18-16-39(3)17-19-40/h4-5,7,9-11,20,22,24,27H,6,8,12-19,21H2,1-3H3,(H,37,41)/t27-/m0/s1. The summed E-state index contributed by atoms with van der Waals surface area (Å²) in [6.45, 7) is 8.65. The van der Waals surface area contributed by atoms with Crippen molar-refractivity contribution in [3.05, 3.63) is 81.6 Å². The van der Waals surface area contributed by atoms with E-state index in [9.17, 15) is 4.79 Å². The van der Waals surface area contributed by atoms with Crippen LogP contribution in [-0.2, 0) is 12.8 Å². The Balaban J connectivity index is 1.21. The molecule has 1 aliphatic carbocycles. The highest BCUT2D eigenvalue weighted by molar-refractivity contribution is 6.30. The summed E-state index contributed by atoms with van der Waals surface area (Å²) in [6, 6.07) is 14.6. The van der Waals surface area contributed by atoms with Crippen molar-refractivity contribution < 1.29 is 4.79 Å². The first-order chi connectivity index (χ1) is 19.9. The molecule has 6 nitrogen and oxygen atoms in total. The Labute approximate surface area is 249 Å². The zero-order valence-electron chi connectivity index (χ0n) is 24.6. The average molecular weight is 572 g/mol. The van der Waals surface area contributed by atoms with E-state index in [1.54, 1.807) is 17.3 Å². The molecule has 1 aromatic heterocycles. The molecule has 0 spiro atoms. The summed E-state index contributed by atoms with van der Waals surface area (Å²) in [6.07, 6.45) is 7.12. The average Bonchev–Trinajstić information content (AvgIpc) is 2.98. The summed E-state index contributed by atoms with van der Waals surface area (Å²) < 4.78 is 0. The van der Waals surface area contributed by atoms with Crippen LogP contribution in [0.5, 0.6) is 0 Å². The number of likely N-dealkylation sites (tertiary alicyclic amines) is 1. The van der Waals surface area contributed by atoms with Gasteiger partial charge in [0.15, 0.2) is 0 Å². The topological polar surface area (TPSA) is 51.7 Å². The molecule has 0 radical (unpaired) electrons. The number of likely N-dealkylation sites (N-methyl/N-ethyl adjacent to an activating group) is 1. The number of pyridine rings is 1. The number of aromatic nitrogens is 1. The number of halogens is 1. The number of carbonyl (C=O) groups excluding carboxylic acids is 1. The lowest BCUT2D eigenvalue weighted by Crippen LogP contribution is -2.46. The van der Waals surface area contributed by atoms with Gasteiger partial charge in [-0.15, -0.1) is 0 Å². The molecule has 6 rings (SSSR count). The van der Waals surface area contributed by atoms with Crippen molar-refractivity contribution in [2.75, 3.05) is 58.3 Å². The monoisotopic (exact) mass is 571 g/mol. The van der Waals surface area contributed by atoms with E-state index >= 15 is 0 Å². The number of carbonyl (C=O) groups is 1. The molecule has 3 heterocycles. The summed E-state index contributed by atoms with van der Waals surface area (Å²) in [5, 5.41) is 4.06. The number of piperazine rings is 1. The molecule has 1 amide bonds. The van der Waals surface area contributed by atoms with Crippen LogP contribution in [0.2, 0.25) is 5.02 Å². The van der Waals surface area contributed by atoms with Crippen LogP contribution < -0.4 is 10.2 Å². The van der Waals surface area contributed by atoms with Crippen LogP contribution in [-0.4, -0.2) is 80.1 Å². The number of amides is 1. The molecule has 41 heavy (non-hydrogen) atoms. The second-order valence-electron chi connectivity index (χ2n) is 12.3. The maximum Gasteiger partial charge on any atom is 0.270 e. The third kappa shape index (κ3) is 6.15. The third-order valence-electron chi connectivity index (χ3n) is 9.47. The van der Waals surface area contributed by atoms with Crippen molar-refractivity contribution >= 4 is 23.2 Å². The number of rotatable bonds is 5. The number of nitrogens with one attached hydrogen (secondary N) is 1. The van der Waals surface area contributed by atoms with Crippen molar-refractivity contribution in [1.82, 2.24) is 20.1 Å². The van der Waals surface area contributed by atoms with Crippen LogP contribution in [0.25, 0.3) is 11.1 Å². The first-order valence-corrected chi connectivity index (χ1v) is 15.5. The van der Waals surface area contributed by atoms with Gasteiger partial charge in [0.2, 0.25) is 0 Å². The predicted octanol–water partition coefficient (Wildman–Crippen LogP) is 5.56. The Kier molecular flexibility index (Phi) is 8.34. The molecule has 7 heteroatoms. The van der Waals surface area contributed by atoms with Crippen molar-refractivity contribution in [2.45, 2.75) is 51.0 Å². The molecule has 0 saturated carbocycles. The number of hydrogen-bond donors (Lipinski definition) is 1. The van der Waals surface area contributed by atoms with Crippen molar-refractivity contribution in [1.29, 1.82) is 0 Å². The van der Waals surface area contributed by atoms with Crippen molar-refractivity contribution in [3.63, 3.8) is 0 Å². The molecule has 2 fully saturated rings. The summed E-state index contributed by atoms with van der Waals surface area (Å²) in [5.41, 5.74) is 9.58. The zero-order chi connectivity index (χ0) is 28.5. The van der Waals surface area contributed by atoms with Gasteiger partial charge in [-0.2, -0.15) is 0 Å². The molecule has 216 valence electrons. The number of piperidine rings is 1. The van der Waals surface area contributed by atoms with Gasteiger partial charge in [0.25, 0.3) is 5.91 Å². The number of aryl methyl sites for hydroxylation is 1. The lowest BCUT2D eigenvalue weighted by atomic mass is 9.78. The smallest absolute Gasteiger partial charge is 0.270 e. The van der Waals surface area contributed by atoms with Gasteiger partial charge in [-0.3, -0.25) is 9.78 Å². The number of hydrogen-bond acceptors (Lipinski definition) is 5. The summed E-state index contributed by atoms with van der Waals surface area (Å²) in [7, 11) is 4.44. The van der Waals surface area contributed by atoms with Crippen LogP contribution in [0.1, 0.15) is 57.9 Å². The normalized spacial score (nSPS) is 20.6. The van der Waals surface area contributed by atoms with Crippen LogP contribution in [0.3, 0.4) is 0 Å². The van der Waals surface area contributed by atoms with Crippen LogP contribution in [0.15, 0.2) is 48.7 Å². The fourth-order valence-electron chi connectivity index (χ4n) is 6.96. The Hall–Kier alpha value is -2.93. The highest BCUT2D eigenvalue weighted by Gasteiger charge is 2.30.